The van der Waals surface area contributed by atoms with E-state index in [1.54, 1.807) is 10.9 Å². The Morgan fingerprint density at radius 1 is 1.64 bits per heavy atom. The largest absolute Gasteiger partial charge is 0.411 e. The fourth-order valence-electron chi connectivity index (χ4n) is 1.58. The smallest absolute Gasteiger partial charge is 0.150 e. The van der Waals surface area contributed by atoms with Gasteiger partial charge in [-0.3, -0.25) is 0 Å². The van der Waals surface area contributed by atoms with Crippen molar-refractivity contribution in [3.05, 3.63) is 18.0 Å². The van der Waals surface area contributed by atoms with Gasteiger partial charge in [0.2, 0.25) is 0 Å². The van der Waals surface area contributed by atoms with Crippen molar-refractivity contribution in [2.75, 3.05) is 6.61 Å². The van der Waals surface area contributed by atoms with Crippen molar-refractivity contribution >= 4 is 6.21 Å². The molecular formula is C9H13N3O2. The summed E-state index contributed by atoms with van der Waals surface area (Å²) in [6, 6.07) is 0. The lowest BCUT2D eigenvalue weighted by Crippen LogP contribution is -2.18. The van der Waals surface area contributed by atoms with Crippen molar-refractivity contribution in [1.82, 2.24) is 9.78 Å². The summed E-state index contributed by atoms with van der Waals surface area (Å²) in [4.78, 5) is 0. The van der Waals surface area contributed by atoms with Gasteiger partial charge in [0.1, 0.15) is 6.23 Å². The number of hydrogen-bond acceptors (Lipinski definition) is 4. The molecule has 1 aromatic heterocycles. The molecule has 14 heavy (non-hydrogen) atoms. The van der Waals surface area contributed by atoms with Crippen LogP contribution in [0.2, 0.25) is 0 Å². The second kappa shape index (κ2) is 4.23. The molecule has 1 atom stereocenters. The van der Waals surface area contributed by atoms with E-state index in [-0.39, 0.29) is 6.23 Å². The number of nitrogens with zero attached hydrogens (tertiary/aromatic N) is 3. The Hall–Kier alpha value is -1.36. The number of aromatic nitrogens is 2. The van der Waals surface area contributed by atoms with Gasteiger partial charge in [0, 0.05) is 18.4 Å². The van der Waals surface area contributed by atoms with Crippen molar-refractivity contribution in [1.29, 1.82) is 0 Å². The van der Waals surface area contributed by atoms with Gasteiger partial charge < -0.3 is 9.94 Å². The van der Waals surface area contributed by atoms with E-state index in [0.717, 1.165) is 25.0 Å². The van der Waals surface area contributed by atoms with Crippen molar-refractivity contribution in [2.45, 2.75) is 25.5 Å². The molecule has 0 bridgehead atoms. The molecule has 0 spiro atoms. The quantitative estimate of drug-likeness (QED) is 0.440. The molecule has 0 saturated carbocycles. The summed E-state index contributed by atoms with van der Waals surface area (Å²) in [6.45, 7) is 0.800. The average Bonchev–Trinajstić information content (AvgIpc) is 2.68. The van der Waals surface area contributed by atoms with Gasteiger partial charge in [0.15, 0.2) is 0 Å². The van der Waals surface area contributed by atoms with E-state index >= 15 is 0 Å². The molecule has 0 amide bonds. The molecule has 0 aromatic carbocycles. The van der Waals surface area contributed by atoms with E-state index in [0.29, 0.717) is 0 Å². The first-order chi connectivity index (χ1) is 6.90. The van der Waals surface area contributed by atoms with Crippen LogP contribution in [0.25, 0.3) is 0 Å². The lowest BCUT2D eigenvalue weighted by molar-refractivity contribution is -0.0394. The van der Waals surface area contributed by atoms with Gasteiger partial charge in [-0.05, 0) is 19.3 Å². The van der Waals surface area contributed by atoms with Crippen LogP contribution in [-0.4, -0.2) is 27.8 Å². The minimum Gasteiger partial charge on any atom is -0.411 e. The fourth-order valence-corrected chi connectivity index (χ4v) is 1.58. The van der Waals surface area contributed by atoms with E-state index < -0.39 is 0 Å². The van der Waals surface area contributed by atoms with Crippen LogP contribution in [0.5, 0.6) is 0 Å². The van der Waals surface area contributed by atoms with Crippen LogP contribution in [0.15, 0.2) is 17.5 Å². The van der Waals surface area contributed by atoms with Gasteiger partial charge in [-0.15, -0.1) is 0 Å². The van der Waals surface area contributed by atoms with Gasteiger partial charge in [0.25, 0.3) is 0 Å². The number of hydrogen-bond donors (Lipinski definition) is 1. The van der Waals surface area contributed by atoms with Gasteiger partial charge in [-0.25, -0.2) is 4.68 Å². The molecule has 1 aliphatic rings. The van der Waals surface area contributed by atoms with E-state index in [9.17, 15) is 0 Å². The maximum Gasteiger partial charge on any atom is 0.150 e. The van der Waals surface area contributed by atoms with Crippen LogP contribution >= 0.6 is 0 Å². The first-order valence-electron chi connectivity index (χ1n) is 4.73. The minimum absolute atomic E-state index is 0.0459. The van der Waals surface area contributed by atoms with Gasteiger partial charge in [0.05, 0.1) is 12.4 Å². The maximum absolute atomic E-state index is 8.34. The first-order valence-corrected chi connectivity index (χ1v) is 4.73. The molecule has 5 heteroatoms. The van der Waals surface area contributed by atoms with Crippen molar-refractivity contribution < 1.29 is 9.94 Å². The van der Waals surface area contributed by atoms with E-state index in [4.69, 9.17) is 9.94 Å². The predicted octanol–water partition coefficient (Wildman–Crippen LogP) is 1.39. The molecule has 76 valence electrons. The Morgan fingerprint density at radius 3 is 3.29 bits per heavy atom. The molecule has 1 aromatic rings. The van der Waals surface area contributed by atoms with Crippen LogP contribution in [0.1, 0.15) is 31.1 Å². The third-order valence-corrected chi connectivity index (χ3v) is 2.28. The van der Waals surface area contributed by atoms with Gasteiger partial charge in [-0.1, -0.05) is 5.16 Å². The van der Waals surface area contributed by atoms with Crippen LogP contribution < -0.4 is 0 Å². The van der Waals surface area contributed by atoms with Gasteiger partial charge in [-0.2, -0.15) is 5.10 Å². The Kier molecular flexibility index (Phi) is 2.78. The first kappa shape index (κ1) is 9.21. The highest BCUT2D eigenvalue weighted by Gasteiger charge is 2.15. The van der Waals surface area contributed by atoms with Crippen LogP contribution in [-0.2, 0) is 4.74 Å². The van der Waals surface area contributed by atoms with Crippen molar-refractivity contribution in [2.24, 2.45) is 5.16 Å². The monoisotopic (exact) mass is 195 g/mol. The summed E-state index contributed by atoms with van der Waals surface area (Å²) in [7, 11) is 0. The zero-order valence-electron chi connectivity index (χ0n) is 7.83. The molecule has 2 heterocycles. The highest BCUT2D eigenvalue weighted by molar-refractivity contribution is 5.77. The number of oxime groups is 1. The number of ether oxygens (including phenoxy) is 1. The van der Waals surface area contributed by atoms with Crippen LogP contribution in [0.4, 0.5) is 0 Å². The summed E-state index contributed by atoms with van der Waals surface area (Å²) < 4.78 is 7.32. The van der Waals surface area contributed by atoms with Crippen LogP contribution in [0, 0.1) is 0 Å². The van der Waals surface area contributed by atoms with Crippen molar-refractivity contribution in [3.63, 3.8) is 0 Å². The molecule has 5 nitrogen and oxygen atoms in total. The highest BCUT2D eigenvalue weighted by Crippen LogP contribution is 2.21. The number of rotatable bonds is 2. The summed E-state index contributed by atoms with van der Waals surface area (Å²) in [5.74, 6) is 0. The van der Waals surface area contributed by atoms with Gasteiger partial charge >= 0.3 is 0 Å². The average molecular weight is 195 g/mol. The Morgan fingerprint density at radius 2 is 2.57 bits per heavy atom. The second-order valence-corrected chi connectivity index (χ2v) is 3.32. The summed E-state index contributed by atoms with van der Waals surface area (Å²) in [6.07, 6.45) is 8.16. The molecule has 1 saturated heterocycles. The topological polar surface area (TPSA) is 59.6 Å². The SMILES string of the molecule is O/N=C/c1cnn(C2CCCCO2)c1. The third kappa shape index (κ3) is 1.93. The van der Waals surface area contributed by atoms with E-state index in [2.05, 4.69) is 10.3 Å². The molecule has 1 N–H and O–H groups in total. The molecule has 0 aliphatic carbocycles. The molecule has 2 rings (SSSR count). The van der Waals surface area contributed by atoms with E-state index in [1.807, 2.05) is 6.20 Å². The summed E-state index contributed by atoms with van der Waals surface area (Å²) in [5, 5.41) is 15.4. The normalized spacial score (nSPS) is 23.0. The Labute approximate surface area is 82.0 Å². The fraction of sp³-hybridized carbons (Fsp3) is 0.556. The molecule has 0 radical (unpaired) electrons. The highest BCUT2D eigenvalue weighted by atomic mass is 16.5. The minimum atomic E-state index is 0.0459. The van der Waals surface area contributed by atoms with Crippen molar-refractivity contribution in [3.8, 4) is 0 Å². The molecular weight excluding hydrogens is 182 g/mol. The van der Waals surface area contributed by atoms with Crippen LogP contribution in [0.3, 0.4) is 0 Å². The second-order valence-electron chi connectivity index (χ2n) is 3.32. The summed E-state index contributed by atoms with van der Waals surface area (Å²) in [5.41, 5.74) is 0.779. The molecule has 1 aliphatic heterocycles. The maximum atomic E-state index is 8.34. The lowest BCUT2D eigenvalue weighted by atomic mass is 10.2. The molecule has 1 fully saturated rings. The zero-order chi connectivity index (χ0) is 9.80. The zero-order valence-corrected chi connectivity index (χ0v) is 7.83. The Balaban J connectivity index is 2.07. The Bertz CT molecular complexity index is 316. The summed E-state index contributed by atoms with van der Waals surface area (Å²) >= 11 is 0. The van der Waals surface area contributed by atoms with E-state index in [1.165, 1.54) is 12.6 Å². The predicted molar refractivity (Wildman–Crippen MR) is 50.4 cm³/mol. The third-order valence-electron chi connectivity index (χ3n) is 2.28. The standard InChI is InChI=1S/C9H13N3O2/c13-11-6-8-5-10-12(7-8)9-3-1-2-4-14-9/h5-7,9,13H,1-4H2/b11-6+. The lowest BCUT2D eigenvalue weighted by Gasteiger charge is -2.22. The molecule has 1 unspecified atom stereocenters.